The SMILES string of the molecule is CCCS(=O)(=O)c1ccc(-c2cc(C(=O)NCC(c3ccccc3)N3CCOCC3)no2)cc1. The zero-order chi connectivity index (χ0) is 24.0. The molecule has 1 amide bonds. The van der Waals surface area contributed by atoms with E-state index in [9.17, 15) is 13.2 Å². The first-order valence-electron chi connectivity index (χ1n) is 11.4. The number of benzene rings is 2. The molecule has 3 aromatic rings. The molecule has 8 nitrogen and oxygen atoms in total. The van der Waals surface area contributed by atoms with E-state index in [1.807, 2.05) is 25.1 Å². The van der Waals surface area contributed by atoms with Crippen molar-refractivity contribution >= 4 is 15.7 Å². The van der Waals surface area contributed by atoms with Crippen LogP contribution in [0.15, 0.2) is 70.1 Å². The summed E-state index contributed by atoms with van der Waals surface area (Å²) in [5, 5.41) is 6.90. The summed E-state index contributed by atoms with van der Waals surface area (Å²) < 4.78 is 35.3. The predicted molar refractivity (Wildman–Crippen MR) is 128 cm³/mol. The topological polar surface area (TPSA) is 102 Å². The lowest BCUT2D eigenvalue weighted by Crippen LogP contribution is -2.43. The van der Waals surface area contributed by atoms with Crippen LogP contribution in [-0.2, 0) is 14.6 Å². The quantitative estimate of drug-likeness (QED) is 0.498. The van der Waals surface area contributed by atoms with Crippen LogP contribution in [0.4, 0.5) is 0 Å². The number of sulfone groups is 1. The number of rotatable bonds is 9. The van der Waals surface area contributed by atoms with Crippen LogP contribution in [-0.4, -0.2) is 63.0 Å². The zero-order valence-corrected chi connectivity index (χ0v) is 20.0. The van der Waals surface area contributed by atoms with E-state index in [1.54, 1.807) is 30.3 Å². The van der Waals surface area contributed by atoms with Gasteiger partial charge >= 0.3 is 0 Å². The number of hydrogen-bond donors (Lipinski definition) is 1. The van der Waals surface area contributed by atoms with Crippen LogP contribution in [0.3, 0.4) is 0 Å². The van der Waals surface area contributed by atoms with Crippen LogP contribution in [0.5, 0.6) is 0 Å². The van der Waals surface area contributed by atoms with Gasteiger partial charge in [-0.1, -0.05) is 42.4 Å². The highest BCUT2D eigenvalue weighted by Crippen LogP contribution is 2.24. The molecule has 1 saturated heterocycles. The lowest BCUT2D eigenvalue weighted by Gasteiger charge is -2.34. The Balaban J connectivity index is 1.43. The van der Waals surface area contributed by atoms with Crippen molar-refractivity contribution < 1.29 is 22.5 Å². The molecule has 2 aromatic carbocycles. The molecule has 1 aliphatic heterocycles. The molecule has 34 heavy (non-hydrogen) atoms. The van der Waals surface area contributed by atoms with Gasteiger partial charge in [-0.25, -0.2) is 8.42 Å². The molecule has 9 heteroatoms. The minimum absolute atomic E-state index is 0.0260. The number of carbonyl (C=O) groups excluding carboxylic acids is 1. The van der Waals surface area contributed by atoms with Crippen molar-refractivity contribution in [3.05, 3.63) is 71.9 Å². The highest BCUT2D eigenvalue weighted by molar-refractivity contribution is 7.91. The van der Waals surface area contributed by atoms with Crippen molar-refractivity contribution in [1.82, 2.24) is 15.4 Å². The van der Waals surface area contributed by atoms with Crippen molar-refractivity contribution in [2.24, 2.45) is 0 Å². The van der Waals surface area contributed by atoms with Crippen LogP contribution in [0.2, 0.25) is 0 Å². The Labute approximate surface area is 199 Å². The third-order valence-corrected chi connectivity index (χ3v) is 7.78. The van der Waals surface area contributed by atoms with Gasteiger partial charge < -0.3 is 14.6 Å². The minimum Gasteiger partial charge on any atom is -0.379 e. The summed E-state index contributed by atoms with van der Waals surface area (Å²) in [5.41, 5.74) is 1.95. The maximum absolute atomic E-state index is 12.8. The summed E-state index contributed by atoms with van der Waals surface area (Å²) in [6.07, 6.45) is 0.557. The molecule has 0 aliphatic carbocycles. The van der Waals surface area contributed by atoms with E-state index in [0.29, 0.717) is 37.5 Å². The Morgan fingerprint density at radius 2 is 1.79 bits per heavy atom. The molecule has 1 unspecified atom stereocenters. The molecule has 2 heterocycles. The Morgan fingerprint density at radius 1 is 1.09 bits per heavy atom. The summed E-state index contributed by atoms with van der Waals surface area (Å²) >= 11 is 0. The summed E-state index contributed by atoms with van der Waals surface area (Å²) in [6.45, 7) is 5.19. The molecule has 4 rings (SSSR count). The van der Waals surface area contributed by atoms with Gasteiger partial charge in [0, 0.05) is 31.3 Å². The van der Waals surface area contributed by atoms with Gasteiger partial charge in [0.05, 0.1) is 29.9 Å². The smallest absolute Gasteiger partial charge is 0.273 e. The van der Waals surface area contributed by atoms with Gasteiger partial charge in [0.15, 0.2) is 21.3 Å². The molecule has 1 N–H and O–H groups in total. The van der Waals surface area contributed by atoms with Crippen LogP contribution < -0.4 is 5.32 Å². The van der Waals surface area contributed by atoms with E-state index in [1.165, 1.54) is 0 Å². The summed E-state index contributed by atoms with van der Waals surface area (Å²) in [5.74, 6) is 0.177. The van der Waals surface area contributed by atoms with Gasteiger partial charge in [0.2, 0.25) is 0 Å². The van der Waals surface area contributed by atoms with Gasteiger partial charge in [-0.2, -0.15) is 0 Å². The van der Waals surface area contributed by atoms with E-state index in [4.69, 9.17) is 9.26 Å². The number of nitrogens with one attached hydrogen (secondary N) is 1. The van der Waals surface area contributed by atoms with E-state index in [2.05, 4.69) is 27.5 Å². The molecule has 180 valence electrons. The molecule has 0 bridgehead atoms. The van der Waals surface area contributed by atoms with Gasteiger partial charge in [0.25, 0.3) is 5.91 Å². The average molecular weight is 484 g/mol. The predicted octanol–water partition coefficient (Wildman–Crippen LogP) is 3.33. The first-order valence-corrected chi connectivity index (χ1v) is 13.1. The first kappa shape index (κ1) is 24.1. The van der Waals surface area contributed by atoms with E-state index in [0.717, 1.165) is 18.7 Å². The Bertz CT molecular complexity index is 1190. The molecule has 1 atom stereocenters. The Morgan fingerprint density at radius 3 is 2.47 bits per heavy atom. The molecule has 0 spiro atoms. The fourth-order valence-electron chi connectivity index (χ4n) is 4.03. The lowest BCUT2D eigenvalue weighted by atomic mass is 10.0. The summed E-state index contributed by atoms with van der Waals surface area (Å²) in [7, 11) is -3.29. The summed E-state index contributed by atoms with van der Waals surface area (Å²) in [6, 6.07) is 18.1. The number of aromatic nitrogens is 1. The fourth-order valence-corrected chi connectivity index (χ4v) is 5.36. The lowest BCUT2D eigenvalue weighted by molar-refractivity contribution is 0.0162. The monoisotopic (exact) mass is 483 g/mol. The second-order valence-electron chi connectivity index (χ2n) is 8.20. The molecule has 0 saturated carbocycles. The maximum Gasteiger partial charge on any atom is 0.273 e. The van der Waals surface area contributed by atoms with Crippen molar-refractivity contribution in [3.63, 3.8) is 0 Å². The maximum atomic E-state index is 12.8. The minimum atomic E-state index is -3.29. The normalized spacial score (nSPS) is 15.7. The number of ether oxygens (including phenoxy) is 1. The largest absolute Gasteiger partial charge is 0.379 e. The fraction of sp³-hybridized carbons (Fsp3) is 0.360. The van der Waals surface area contributed by atoms with Gasteiger partial charge in [-0.15, -0.1) is 0 Å². The highest BCUT2D eigenvalue weighted by atomic mass is 32.2. The van der Waals surface area contributed by atoms with Crippen LogP contribution in [0.25, 0.3) is 11.3 Å². The van der Waals surface area contributed by atoms with Crippen LogP contribution in [0, 0.1) is 0 Å². The standard InChI is InChI=1S/C25H29N3O5S/c1-2-16-34(30,31)21-10-8-20(9-11-21)24-17-22(27-33-24)25(29)26-18-23(19-6-4-3-5-7-19)28-12-14-32-15-13-28/h3-11,17,23H,2,12-16,18H2,1H3,(H,26,29). The zero-order valence-electron chi connectivity index (χ0n) is 19.1. The van der Waals surface area contributed by atoms with Gasteiger partial charge in [-0.05, 0) is 36.2 Å². The van der Waals surface area contributed by atoms with E-state index in [-0.39, 0.29) is 28.3 Å². The van der Waals surface area contributed by atoms with Crippen molar-refractivity contribution in [2.45, 2.75) is 24.3 Å². The Kier molecular flexibility index (Phi) is 7.77. The molecule has 1 fully saturated rings. The molecular weight excluding hydrogens is 454 g/mol. The third-order valence-electron chi connectivity index (χ3n) is 5.84. The number of amides is 1. The first-order chi connectivity index (χ1) is 16.5. The van der Waals surface area contributed by atoms with Crippen molar-refractivity contribution in [2.75, 3.05) is 38.6 Å². The number of morpholine rings is 1. The number of hydrogen-bond acceptors (Lipinski definition) is 7. The third kappa shape index (κ3) is 5.72. The average Bonchev–Trinajstić information content (AvgIpc) is 3.36. The second kappa shape index (κ2) is 10.9. The number of carbonyl (C=O) groups is 1. The number of nitrogens with zero attached hydrogens (tertiary/aromatic N) is 2. The van der Waals surface area contributed by atoms with Crippen molar-refractivity contribution in [3.8, 4) is 11.3 Å². The Hall–Kier alpha value is -3.01. The second-order valence-corrected chi connectivity index (χ2v) is 10.3. The van der Waals surface area contributed by atoms with Gasteiger partial charge in [-0.3, -0.25) is 9.69 Å². The van der Waals surface area contributed by atoms with E-state index < -0.39 is 9.84 Å². The molecule has 1 aliphatic rings. The molecule has 1 aromatic heterocycles. The van der Waals surface area contributed by atoms with Crippen LogP contribution in [0.1, 0.15) is 35.4 Å². The van der Waals surface area contributed by atoms with E-state index >= 15 is 0 Å². The highest BCUT2D eigenvalue weighted by Gasteiger charge is 2.24. The van der Waals surface area contributed by atoms with Gasteiger partial charge in [0.1, 0.15) is 0 Å². The molecular formula is C25H29N3O5S. The summed E-state index contributed by atoms with van der Waals surface area (Å²) in [4.78, 5) is 15.4. The molecule has 0 radical (unpaired) electrons. The van der Waals surface area contributed by atoms with Crippen LogP contribution >= 0.6 is 0 Å². The van der Waals surface area contributed by atoms with Crippen molar-refractivity contribution in [1.29, 1.82) is 0 Å².